The summed E-state index contributed by atoms with van der Waals surface area (Å²) in [5, 5.41) is 0.821. The van der Waals surface area contributed by atoms with Crippen LogP contribution >= 0.6 is 11.6 Å². The topological polar surface area (TPSA) is 38.5 Å². The Bertz CT molecular complexity index is 409. The third-order valence-corrected chi connectivity index (χ3v) is 4.19. The summed E-state index contributed by atoms with van der Waals surface area (Å²) in [6, 6.07) is 5.85. The number of nitrogens with two attached hydrogens (primary N) is 1. The van der Waals surface area contributed by atoms with Crippen LogP contribution in [0.3, 0.4) is 0 Å². The molecule has 1 aromatic rings. The van der Waals surface area contributed by atoms with Crippen molar-refractivity contribution < 1.29 is 4.74 Å². The fourth-order valence-electron chi connectivity index (χ4n) is 2.81. The summed E-state index contributed by atoms with van der Waals surface area (Å²) in [5.41, 5.74) is 6.81. The van der Waals surface area contributed by atoms with Gasteiger partial charge < -0.3 is 10.5 Å². The summed E-state index contributed by atoms with van der Waals surface area (Å²) in [7, 11) is 1.69. The molecule has 1 unspecified atom stereocenters. The van der Waals surface area contributed by atoms with Crippen LogP contribution in [0.2, 0.25) is 5.02 Å². The standard InChI is InChI=1S/C15H23ClN2O/c1-19-14-4-5-15(16)13(9-14)11-18-8-2-3-12(10-18)6-7-17/h4-5,9,12H,2-3,6-8,10-11,17H2,1H3. The molecule has 0 saturated carbocycles. The Morgan fingerprint density at radius 1 is 1.47 bits per heavy atom. The van der Waals surface area contributed by atoms with E-state index in [9.17, 15) is 0 Å². The third-order valence-electron chi connectivity index (χ3n) is 3.82. The fraction of sp³-hybridized carbons (Fsp3) is 0.600. The predicted molar refractivity (Wildman–Crippen MR) is 79.7 cm³/mol. The Kier molecular flexibility index (Phi) is 5.49. The second kappa shape index (κ2) is 7.13. The van der Waals surface area contributed by atoms with Crippen molar-refractivity contribution in [2.75, 3.05) is 26.7 Å². The predicted octanol–water partition coefficient (Wildman–Crippen LogP) is 2.91. The van der Waals surface area contributed by atoms with Crippen molar-refractivity contribution in [3.05, 3.63) is 28.8 Å². The fourth-order valence-corrected chi connectivity index (χ4v) is 2.98. The molecule has 0 aliphatic carbocycles. The van der Waals surface area contributed by atoms with Crippen LogP contribution in [0.5, 0.6) is 5.75 Å². The molecule has 1 saturated heterocycles. The highest BCUT2D eigenvalue weighted by Gasteiger charge is 2.20. The first-order valence-electron chi connectivity index (χ1n) is 6.97. The second-order valence-corrected chi connectivity index (χ2v) is 5.69. The smallest absolute Gasteiger partial charge is 0.119 e. The molecule has 4 heteroatoms. The van der Waals surface area contributed by atoms with E-state index in [4.69, 9.17) is 22.1 Å². The molecule has 1 aliphatic rings. The van der Waals surface area contributed by atoms with Gasteiger partial charge in [0.15, 0.2) is 0 Å². The third kappa shape index (κ3) is 4.10. The molecule has 0 bridgehead atoms. The van der Waals surface area contributed by atoms with E-state index in [1.54, 1.807) is 7.11 Å². The molecule has 3 nitrogen and oxygen atoms in total. The first kappa shape index (κ1) is 14.6. The van der Waals surface area contributed by atoms with Crippen molar-refractivity contribution in [3.63, 3.8) is 0 Å². The minimum atomic E-state index is 0.739. The number of benzene rings is 1. The van der Waals surface area contributed by atoms with E-state index in [1.165, 1.54) is 12.8 Å². The van der Waals surface area contributed by atoms with Crippen LogP contribution < -0.4 is 10.5 Å². The number of rotatable bonds is 5. The van der Waals surface area contributed by atoms with Gasteiger partial charge in [0.25, 0.3) is 0 Å². The Labute approximate surface area is 120 Å². The summed E-state index contributed by atoms with van der Waals surface area (Å²) in [4.78, 5) is 2.48. The minimum absolute atomic E-state index is 0.739. The van der Waals surface area contributed by atoms with Gasteiger partial charge in [-0.05, 0) is 62.0 Å². The normalized spacial score (nSPS) is 20.5. The summed E-state index contributed by atoms with van der Waals surface area (Å²) in [6.45, 7) is 3.97. The van der Waals surface area contributed by atoms with E-state index < -0.39 is 0 Å². The summed E-state index contributed by atoms with van der Waals surface area (Å²) in [6.07, 6.45) is 3.69. The number of hydrogen-bond acceptors (Lipinski definition) is 3. The van der Waals surface area contributed by atoms with Gasteiger partial charge in [0.1, 0.15) is 5.75 Å². The molecule has 1 atom stereocenters. The van der Waals surface area contributed by atoms with E-state index in [0.717, 1.165) is 54.9 Å². The van der Waals surface area contributed by atoms with E-state index in [-0.39, 0.29) is 0 Å². The maximum absolute atomic E-state index is 6.27. The van der Waals surface area contributed by atoms with Gasteiger partial charge in [0.05, 0.1) is 7.11 Å². The molecule has 0 amide bonds. The van der Waals surface area contributed by atoms with Crippen LogP contribution in [0, 0.1) is 5.92 Å². The number of hydrogen-bond donors (Lipinski definition) is 1. The zero-order chi connectivity index (χ0) is 13.7. The van der Waals surface area contributed by atoms with Crippen molar-refractivity contribution in [1.82, 2.24) is 4.90 Å². The van der Waals surface area contributed by atoms with Crippen LogP contribution in [0.15, 0.2) is 18.2 Å². The number of halogens is 1. The van der Waals surface area contributed by atoms with E-state index in [1.807, 2.05) is 18.2 Å². The lowest BCUT2D eigenvalue weighted by molar-refractivity contribution is 0.163. The Morgan fingerprint density at radius 3 is 3.05 bits per heavy atom. The molecule has 19 heavy (non-hydrogen) atoms. The second-order valence-electron chi connectivity index (χ2n) is 5.28. The lowest BCUT2D eigenvalue weighted by atomic mass is 9.94. The summed E-state index contributed by atoms with van der Waals surface area (Å²) < 4.78 is 5.27. The van der Waals surface area contributed by atoms with E-state index in [2.05, 4.69) is 4.90 Å². The van der Waals surface area contributed by atoms with Crippen LogP contribution in [0.4, 0.5) is 0 Å². The molecule has 1 heterocycles. The monoisotopic (exact) mass is 282 g/mol. The molecular weight excluding hydrogens is 260 g/mol. The minimum Gasteiger partial charge on any atom is -0.497 e. The maximum Gasteiger partial charge on any atom is 0.119 e. The molecule has 2 N–H and O–H groups in total. The van der Waals surface area contributed by atoms with Crippen molar-refractivity contribution >= 4 is 11.6 Å². The lowest BCUT2D eigenvalue weighted by Crippen LogP contribution is -2.35. The summed E-state index contributed by atoms with van der Waals surface area (Å²) >= 11 is 6.27. The highest BCUT2D eigenvalue weighted by molar-refractivity contribution is 6.31. The number of piperidine rings is 1. The van der Waals surface area contributed by atoms with Crippen LogP contribution in [0.25, 0.3) is 0 Å². The van der Waals surface area contributed by atoms with E-state index in [0.29, 0.717) is 0 Å². The number of likely N-dealkylation sites (tertiary alicyclic amines) is 1. The highest BCUT2D eigenvalue weighted by Crippen LogP contribution is 2.26. The van der Waals surface area contributed by atoms with Crippen LogP contribution in [-0.2, 0) is 6.54 Å². The van der Waals surface area contributed by atoms with Crippen molar-refractivity contribution in [3.8, 4) is 5.75 Å². The zero-order valence-electron chi connectivity index (χ0n) is 11.6. The number of ether oxygens (including phenoxy) is 1. The zero-order valence-corrected chi connectivity index (χ0v) is 12.3. The van der Waals surface area contributed by atoms with Crippen LogP contribution in [-0.4, -0.2) is 31.6 Å². The largest absolute Gasteiger partial charge is 0.497 e. The Balaban J connectivity index is 2.00. The Hall–Kier alpha value is -0.770. The molecule has 2 rings (SSSR count). The molecule has 1 aromatic carbocycles. The van der Waals surface area contributed by atoms with Crippen molar-refractivity contribution in [2.24, 2.45) is 11.7 Å². The van der Waals surface area contributed by atoms with Gasteiger partial charge in [-0.15, -0.1) is 0 Å². The van der Waals surface area contributed by atoms with Gasteiger partial charge in [-0.2, -0.15) is 0 Å². The first-order chi connectivity index (χ1) is 9.22. The van der Waals surface area contributed by atoms with Gasteiger partial charge >= 0.3 is 0 Å². The van der Waals surface area contributed by atoms with Crippen molar-refractivity contribution in [1.29, 1.82) is 0 Å². The molecule has 1 aliphatic heterocycles. The molecule has 0 spiro atoms. The highest BCUT2D eigenvalue weighted by atomic mass is 35.5. The molecular formula is C15H23ClN2O. The summed E-state index contributed by atoms with van der Waals surface area (Å²) in [5.74, 6) is 1.61. The molecule has 106 valence electrons. The molecule has 1 fully saturated rings. The SMILES string of the molecule is COc1ccc(Cl)c(CN2CCCC(CCN)C2)c1. The first-order valence-corrected chi connectivity index (χ1v) is 7.35. The average molecular weight is 283 g/mol. The lowest BCUT2D eigenvalue weighted by Gasteiger charge is -2.32. The maximum atomic E-state index is 6.27. The van der Waals surface area contributed by atoms with Gasteiger partial charge in [0, 0.05) is 18.1 Å². The van der Waals surface area contributed by atoms with Crippen molar-refractivity contribution in [2.45, 2.75) is 25.8 Å². The molecule has 0 aromatic heterocycles. The van der Waals surface area contributed by atoms with Crippen LogP contribution in [0.1, 0.15) is 24.8 Å². The van der Waals surface area contributed by atoms with Gasteiger partial charge in [-0.1, -0.05) is 11.6 Å². The van der Waals surface area contributed by atoms with E-state index >= 15 is 0 Å². The number of methoxy groups -OCH3 is 1. The van der Waals surface area contributed by atoms with Gasteiger partial charge in [-0.25, -0.2) is 0 Å². The Morgan fingerprint density at radius 2 is 2.32 bits per heavy atom. The average Bonchev–Trinajstić information content (AvgIpc) is 2.42. The molecule has 0 radical (unpaired) electrons. The van der Waals surface area contributed by atoms with Gasteiger partial charge in [0.2, 0.25) is 0 Å². The quantitative estimate of drug-likeness (QED) is 0.902. The number of nitrogens with zero attached hydrogens (tertiary/aromatic N) is 1. The van der Waals surface area contributed by atoms with Gasteiger partial charge in [-0.3, -0.25) is 4.90 Å².